The van der Waals surface area contributed by atoms with E-state index in [-0.39, 0.29) is 6.61 Å². The Labute approximate surface area is 186 Å². The van der Waals surface area contributed by atoms with Crippen molar-refractivity contribution in [2.24, 2.45) is 0 Å². The van der Waals surface area contributed by atoms with E-state index < -0.39 is 47.4 Å². The molecule has 178 valence electrons. The maximum atomic E-state index is 13.0. The minimum absolute atomic E-state index is 0.134. The highest BCUT2D eigenvalue weighted by Gasteiger charge is 2.24. The van der Waals surface area contributed by atoms with Crippen molar-refractivity contribution < 1.29 is 40.4 Å². The van der Waals surface area contributed by atoms with Gasteiger partial charge in [-0.1, -0.05) is 38.1 Å². The van der Waals surface area contributed by atoms with Crippen LogP contribution in [-0.4, -0.2) is 58.3 Å². The Bertz CT molecular complexity index is 947. The SMILES string of the molecule is CC(C)(c1ccc(OCC(O)COS(C)(=O)=O)cc1)c1ccc(OCC(F)C(F)F)cc1. The van der Waals surface area contributed by atoms with Crippen molar-refractivity contribution >= 4 is 10.1 Å². The second kappa shape index (κ2) is 11.0. The number of aliphatic hydroxyl groups excluding tert-OH is 1. The molecule has 2 atom stereocenters. The van der Waals surface area contributed by atoms with Crippen molar-refractivity contribution in [1.82, 2.24) is 0 Å². The highest BCUT2D eigenvalue weighted by molar-refractivity contribution is 7.85. The van der Waals surface area contributed by atoms with E-state index >= 15 is 0 Å². The van der Waals surface area contributed by atoms with Crippen LogP contribution in [0.15, 0.2) is 48.5 Å². The fourth-order valence-electron chi connectivity index (χ4n) is 2.79. The van der Waals surface area contributed by atoms with E-state index in [1.807, 2.05) is 26.0 Å². The molecule has 1 N–H and O–H groups in total. The first-order chi connectivity index (χ1) is 14.9. The van der Waals surface area contributed by atoms with Crippen LogP contribution in [0.25, 0.3) is 0 Å². The van der Waals surface area contributed by atoms with Crippen molar-refractivity contribution in [3.63, 3.8) is 0 Å². The largest absolute Gasteiger partial charge is 0.491 e. The van der Waals surface area contributed by atoms with E-state index in [1.165, 1.54) is 0 Å². The third kappa shape index (κ3) is 7.99. The average molecular weight is 477 g/mol. The third-order valence-corrected chi connectivity index (χ3v) is 5.32. The molecule has 10 heteroatoms. The van der Waals surface area contributed by atoms with Gasteiger partial charge in [-0.25, -0.2) is 13.2 Å². The summed E-state index contributed by atoms with van der Waals surface area (Å²) in [6.07, 6.45) is -5.62. The Hall–Kier alpha value is -2.30. The molecule has 2 aromatic rings. The van der Waals surface area contributed by atoms with Crippen molar-refractivity contribution in [2.75, 3.05) is 26.1 Å². The fraction of sp³-hybridized carbons (Fsp3) is 0.455. The topological polar surface area (TPSA) is 82.1 Å². The zero-order chi connectivity index (χ0) is 23.9. The summed E-state index contributed by atoms with van der Waals surface area (Å²) in [5, 5.41) is 9.74. The van der Waals surface area contributed by atoms with Crippen LogP contribution in [-0.2, 0) is 19.7 Å². The molecule has 0 amide bonds. The van der Waals surface area contributed by atoms with Crippen molar-refractivity contribution in [3.05, 3.63) is 59.7 Å². The molecule has 2 unspecified atom stereocenters. The predicted octanol–water partition coefficient (Wildman–Crippen LogP) is 3.71. The van der Waals surface area contributed by atoms with E-state index in [0.29, 0.717) is 11.5 Å². The minimum Gasteiger partial charge on any atom is -0.491 e. The number of hydrogen-bond donors (Lipinski definition) is 1. The molecule has 32 heavy (non-hydrogen) atoms. The van der Waals surface area contributed by atoms with Crippen LogP contribution in [0.3, 0.4) is 0 Å². The molecular weight excluding hydrogens is 449 g/mol. The summed E-state index contributed by atoms with van der Waals surface area (Å²) >= 11 is 0. The molecule has 6 nitrogen and oxygen atoms in total. The zero-order valence-corrected chi connectivity index (χ0v) is 18.8. The lowest BCUT2D eigenvalue weighted by Crippen LogP contribution is -2.25. The lowest BCUT2D eigenvalue weighted by atomic mass is 9.78. The molecule has 0 saturated heterocycles. The molecule has 0 aromatic heterocycles. The fourth-order valence-corrected chi connectivity index (χ4v) is 3.20. The molecule has 0 aliphatic rings. The average Bonchev–Trinajstić information content (AvgIpc) is 2.74. The monoisotopic (exact) mass is 476 g/mol. The second-order valence-corrected chi connectivity index (χ2v) is 9.43. The van der Waals surface area contributed by atoms with Crippen molar-refractivity contribution in [2.45, 2.75) is 38.0 Å². The quantitative estimate of drug-likeness (QED) is 0.471. The molecule has 0 heterocycles. The maximum Gasteiger partial charge on any atom is 0.272 e. The first kappa shape index (κ1) is 26.0. The predicted molar refractivity (Wildman–Crippen MR) is 114 cm³/mol. The lowest BCUT2D eigenvalue weighted by Gasteiger charge is -2.26. The Morgan fingerprint density at radius 2 is 1.28 bits per heavy atom. The highest BCUT2D eigenvalue weighted by atomic mass is 32.2. The summed E-state index contributed by atoms with van der Waals surface area (Å²) in [7, 11) is -3.63. The number of alkyl halides is 3. The molecule has 0 fully saturated rings. The van der Waals surface area contributed by atoms with Crippen LogP contribution in [0.4, 0.5) is 13.2 Å². The Morgan fingerprint density at radius 1 is 0.844 bits per heavy atom. The van der Waals surface area contributed by atoms with E-state index in [9.17, 15) is 26.7 Å². The molecule has 2 rings (SSSR count). The van der Waals surface area contributed by atoms with Gasteiger partial charge in [0.2, 0.25) is 0 Å². The van der Waals surface area contributed by atoms with E-state index in [0.717, 1.165) is 17.4 Å². The molecule has 0 spiro atoms. The van der Waals surface area contributed by atoms with Crippen molar-refractivity contribution in [1.29, 1.82) is 0 Å². The van der Waals surface area contributed by atoms with Crippen LogP contribution < -0.4 is 9.47 Å². The first-order valence-electron chi connectivity index (χ1n) is 9.80. The van der Waals surface area contributed by atoms with Crippen LogP contribution >= 0.6 is 0 Å². The van der Waals surface area contributed by atoms with Gasteiger partial charge in [0.05, 0.1) is 12.9 Å². The number of rotatable bonds is 12. The van der Waals surface area contributed by atoms with Gasteiger partial charge in [-0.3, -0.25) is 4.18 Å². The van der Waals surface area contributed by atoms with Gasteiger partial charge in [-0.2, -0.15) is 8.42 Å². The van der Waals surface area contributed by atoms with Gasteiger partial charge in [0.15, 0.2) is 6.17 Å². The van der Waals surface area contributed by atoms with Crippen LogP contribution in [0.2, 0.25) is 0 Å². The second-order valence-electron chi connectivity index (χ2n) is 7.79. The van der Waals surface area contributed by atoms with E-state index in [4.69, 9.17) is 9.47 Å². The molecule has 0 aliphatic carbocycles. The van der Waals surface area contributed by atoms with Crippen LogP contribution in [0, 0.1) is 0 Å². The number of benzene rings is 2. The molecule has 0 bridgehead atoms. The van der Waals surface area contributed by atoms with Gasteiger partial charge < -0.3 is 14.6 Å². The number of halogens is 3. The third-order valence-electron chi connectivity index (χ3n) is 4.75. The first-order valence-corrected chi connectivity index (χ1v) is 11.6. The van der Waals surface area contributed by atoms with Gasteiger partial charge in [-0.15, -0.1) is 0 Å². The molecule has 0 aliphatic heterocycles. The van der Waals surface area contributed by atoms with E-state index in [2.05, 4.69) is 4.18 Å². The van der Waals surface area contributed by atoms with Crippen molar-refractivity contribution in [3.8, 4) is 11.5 Å². The summed E-state index contributed by atoms with van der Waals surface area (Å²) in [5.41, 5.74) is 1.48. The maximum absolute atomic E-state index is 13.0. The van der Waals surface area contributed by atoms with Gasteiger partial charge in [0.1, 0.15) is 30.8 Å². The van der Waals surface area contributed by atoms with Crippen LogP contribution in [0.5, 0.6) is 11.5 Å². The highest BCUT2D eigenvalue weighted by Crippen LogP contribution is 2.33. The molecule has 0 radical (unpaired) electrons. The van der Waals surface area contributed by atoms with Crippen LogP contribution in [0.1, 0.15) is 25.0 Å². The Kier molecular flexibility index (Phi) is 8.94. The Morgan fingerprint density at radius 3 is 1.69 bits per heavy atom. The molecule has 2 aromatic carbocycles. The van der Waals surface area contributed by atoms with Gasteiger partial charge in [0.25, 0.3) is 16.5 Å². The van der Waals surface area contributed by atoms with E-state index in [1.54, 1.807) is 36.4 Å². The smallest absolute Gasteiger partial charge is 0.272 e. The van der Waals surface area contributed by atoms with Gasteiger partial charge in [-0.05, 0) is 35.4 Å². The lowest BCUT2D eigenvalue weighted by molar-refractivity contribution is 0.0231. The molecular formula is C22H27F3O6S. The summed E-state index contributed by atoms with van der Waals surface area (Å²) in [4.78, 5) is 0. The zero-order valence-electron chi connectivity index (χ0n) is 18.0. The summed E-state index contributed by atoms with van der Waals surface area (Å²) in [5.74, 6) is 0.793. The summed E-state index contributed by atoms with van der Waals surface area (Å²) in [6, 6.07) is 13.9. The van der Waals surface area contributed by atoms with Gasteiger partial charge >= 0.3 is 0 Å². The Balaban J connectivity index is 1.96. The standard InChI is InChI=1S/C22H27F3O6S/c1-22(2,16-6-10-19(11-7-16)30-14-20(23)21(24)25)15-4-8-18(9-5-15)29-12-17(26)13-31-32(3,27)28/h4-11,17,20-21,26H,12-14H2,1-3H3. The minimum atomic E-state index is -3.63. The molecule has 0 saturated carbocycles. The number of ether oxygens (including phenoxy) is 2. The normalized spacial score (nSPS) is 14.2. The summed E-state index contributed by atoms with van der Waals surface area (Å²) in [6.45, 7) is 2.76. The number of hydrogen-bond acceptors (Lipinski definition) is 6. The number of aliphatic hydroxyl groups is 1. The summed E-state index contributed by atoms with van der Waals surface area (Å²) < 4.78 is 74.4. The van der Waals surface area contributed by atoms with Gasteiger partial charge in [0, 0.05) is 5.41 Å².